The molecule has 1 aliphatic carbocycles. The van der Waals surface area contributed by atoms with Crippen LogP contribution < -0.4 is 5.32 Å². The molecule has 0 aliphatic heterocycles. The van der Waals surface area contributed by atoms with Crippen LogP contribution in [-0.2, 0) is 17.6 Å². The van der Waals surface area contributed by atoms with Crippen molar-refractivity contribution < 1.29 is 4.79 Å². The number of hydrogen-bond acceptors (Lipinski definition) is 4. The van der Waals surface area contributed by atoms with Gasteiger partial charge in [0.15, 0.2) is 0 Å². The van der Waals surface area contributed by atoms with Gasteiger partial charge in [-0.2, -0.15) is 5.26 Å². The Morgan fingerprint density at radius 2 is 1.86 bits per heavy atom. The standard InChI is InChI=1S/C24H22N2OS2/c1-16(28-19-10-6-3-7-11-19)23(27)26-24-21(15-25)20-13-12-18(14-22(20)29-24)17-8-4-2-5-9-17/h2-11,16,18H,12-14H2,1H3,(H,26,27). The van der Waals surface area contributed by atoms with Crippen molar-refractivity contribution in [1.29, 1.82) is 5.26 Å². The lowest BCUT2D eigenvalue weighted by Crippen LogP contribution is -2.22. The van der Waals surface area contributed by atoms with Crippen LogP contribution >= 0.6 is 23.1 Å². The molecular weight excluding hydrogens is 396 g/mol. The van der Waals surface area contributed by atoms with E-state index in [9.17, 15) is 10.1 Å². The van der Waals surface area contributed by atoms with Crippen molar-refractivity contribution in [3.63, 3.8) is 0 Å². The molecule has 146 valence electrons. The summed E-state index contributed by atoms with van der Waals surface area (Å²) in [5.41, 5.74) is 3.13. The van der Waals surface area contributed by atoms with E-state index in [1.807, 2.05) is 43.3 Å². The first kappa shape index (κ1) is 19.8. The van der Waals surface area contributed by atoms with Crippen molar-refractivity contribution in [3.8, 4) is 6.07 Å². The van der Waals surface area contributed by atoms with Crippen molar-refractivity contribution in [2.24, 2.45) is 0 Å². The van der Waals surface area contributed by atoms with Gasteiger partial charge in [0.05, 0.1) is 10.8 Å². The van der Waals surface area contributed by atoms with E-state index >= 15 is 0 Å². The average molecular weight is 419 g/mol. The topological polar surface area (TPSA) is 52.9 Å². The zero-order chi connectivity index (χ0) is 20.2. The summed E-state index contributed by atoms with van der Waals surface area (Å²) in [7, 11) is 0. The first-order valence-electron chi connectivity index (χ1n) is 9.78. The van der Waals surface area contributed by atoms with E-state index in [1.165, 1.54) is 22.2 Å². The van der Waals surface area contributed by atoms with Crippen molar-refractivity contribution in [3.05, 3.63) is 82.2 Å². The third-order valence-corrected chi connectivity index (χ3v) is 7.59. The number of carbonyl (C=O) groups excluding carboxylic acids is 1. The van der Waals surface area contributed by atoms with Gasteiger partial charge >= 0.3 is 0 Å². The summed E-state index contributed by atoms with van der Waals surface area (Å²) in [4.78, 5) is 15.0. The van der Waals surface area contributed by atoms with E-state index < -0.39 is 0 Å². The quantitative estimate of drug-likeness (QED) is 0.516. The molecule has 3 aromatic rings. The Morgan fingerprint density at radius 1 is 1.17 bits per heavy atom. The minimum atomic E-state index is -0.236. The van der Waals surface area contributed by atoms with Gasteiger partial charge in [0.25, 0.3) is 0 Å². The predicted molar refractivity (Wildman–Crippen MR) is 121 cm³/mol. The Morgan fingerprint density at radius 3 is 2.55 bits per heavy atom. The van der Waals surface area contributed by atoms with Crippen molar-refractivity contribution in [1.82, 2.24) is 0 Å². The summed E-state index contributed by atoms with van der Waals surface area (Å²) < 4.78 is 0. The highest BCUT2D eigenvalue weighted by atomic mass is 32.2. The number of fused-ring (bicyclic) bond motifs is 1. The third-order valence-electron chi connectivity index (χ3n) is 5.31. The van der Waals surface area contributed by atoms with Crippen LogP contribution in [0.25, 0.3) is 0 Å². The lowest BCUT2D eigenvalue weighted by atomic mass is 9.83. The molecule has 1 heterocycles. The predicted octanol–water partition coefficient (Wildman–Crippen LogP) is 6.01. The van der Waals surface area contributed by atoms with Crippen molar-refractivity contribution >= 4 is 34.0 Å². The van der Waals surface area contributed by atoms with Gasteiger partial charge in [-0.1, -0.05) is 48.5 Å². The van der Waals surface area contributed by atoms with E-state index in [0.717, 1.165) is 29.7 Å². The molecule has 0 saturated carbocycles. The maximum Gasteiger partial charge on any atom is 0.238 e. The molecule has 2 aromatic carbocycles. The van der Waals surface area contributed by atoms with Gasteiger partial charge in [-0.25, -0.2) is 0 Å². The largest absolute Gasteiger partial charge is 0.316 e. The lowest BCUT2D eigenvalue weighted by molar-refractivity contribution is -0.115. The second kappa shape index (κ2) is 8.86. The van der Waals surface area contributed by atoms with Crippen LogP contribution in [0.5, 0.6) is 0 Å². The summed E-state index contributed by atoms with van der Waals surface area (Å²) in [6.07, 6.45) is 2.86. The molecule has 2 atom stereocenters. The van der Waals surface area contributed by atoms with E-state index in [2.05, 4.69) is 35.7 Å². The molecule has 1 aliphatic rings. The molecule has 0 spiro atoms. The zero-order valence-corrected chi connectivity index (χ0v) is 17.9. The Hall–Kier alpha value is -2.55. The monoisotopic (exact) mass is 418 g/mol. The van der Waals surface area contributed by atoms with Crippen LogP contribution in [0.2, 0.25) is 0 Å². The lowest BCUT2D eigenvalue weighted by Gasteiger charge is -2.22. The number of amides is 1. The van der Waals surface area contributed by atoms with Crippen molar-refractivity contribution in [2.45, 2.75) is 42.2 Å². The number of thioether (sulfide) groups is 1. The Bertz CT molecular complexity index is 1040. The highest BCUT2D eigenvalue weighted by Crippen LogP contribution is 2.42. The number of benzene rings is 2. The van der Waals surface area contributed by atoms with Crippen LogP contribution in [0.4, 0.5) is 5.00 Å². The van der Waals surface area contributed by atoms with E-state index in [1.54, 1.807) is 11.3 Å². The SMILES string of the molecule is CC(Sc1ccccc1)C(=O)Nc1sc2c(c1C#N)CCC(c1ccccc1)C2. The number of thiophene rings is 1. The number of rotatable bonds is 5. The van der Waals surface area contributed by atoms with Gasteiger partial charge in [-0.15, -0.1) is 23.1 Å². The van der Waals surface area contributed by atoms with Gasteiger partial charge < -0.3 is 5.32 Å². The third kappa shape index (κ3) is 4.39. The smallest absolute Gasteiger partial charge is 0.238 e. The normalized spacial score (nSPS) is 16.5. The van der Waals surface area contributed by atoms with E-state index in [4.69, 9.17) is 0 Å². The van der Waals surface area contributed by atoms with Gasteiger partial charge in [0.2, 0.25) is 5.91 Å². The van der Waals surface area contributed by atoms with Gasteiger partial charge in [0, 0.05) is 9.77 Å². The van der Waals surface area contributed by atoms with Crippen LogP contribution in [0, 0.1) is 11.3 Å². The molecule has 4 rings (SSSR count). The van der Waals surface area contributed by atoms with E-state index in [-0.39, 0.29) is 11.2 Å². The number of anilines is 1. The number of carbonyl (C=O) groups is 1. The minimum absolute atomic E-state index is 0.0615. The molecule has 1 amide bonds. The summed E-state index contributed by atoms with van der Waals surface area (Å²) in [5.74, 6) is 0.415. The maximum atomic E-state index is 12.7. The fraction of sp³-hybridized carbons (Fsp3) is 0.250. The van der Waals surface area contributed by atoms with E-state index in [0.29, 0.717) is 16.5 Å². The summed E-state index contributed by atoms with van der Waals surface area (Å²) >= 11 is 3.10. The summed E-state index contributed by atoms with van der Waals surface area (Å²) in [6, 6.07) is 22.8. The highest BCUT2D eigenvalue weighted by molar-refractivity contribution is 8.00. The van der Waals surface area contributed by atoms with Crippen LogP contribution in [0.1, 0.15) is 40.8 Å². The second-order valence-corrected chi connectivity index (χ2v) is 9.75. The maximum absolute atomic E-state index is 12.7. The van der Waals surface area contributed by atoms with Gasteiger partial charge in [0.1, 0.15) is 11.1 Å². The number of hydrogen-bond donors (Lipinski definition) is 1. The van der Waals surface area contributed by atoms with Crippen LogP contribution in [0.3, 0.4) is 0 Å². The molecule has 2 unspecified atom stereocenters. The average Bonchev–Trinajstić information content (AvgIpc) is 3.11. The number of nitrogens with one attached hydrogen (secondary N) is 1. The molecule has 0 bridgehead atoms. The van der Waals surface area contributed by atoms with Crippen LogP contribution in [0.15, 0.2) is 65.6 Å². The minimum Gasteiger partial charge on any atom is -0.316 e. The molecule has 3 nitrogen and oxygen atoms in total. The summed E-state index contributed by atoms with van der Waals surface area (Å²) in [6.45, 7) is 1.90. The molecule has 1 aromatic heterocycles. The molecule has 0 radical (unpaired) electrons. The Balaban J connectivity index is 1.50. The Labute approximate surface area is 179 Å². The highest BCUT2D eigenvalue weighted by Gasteiger charge is 2.28. The molecule has 0 saturated heterocycles. The molecule has 1 N–H and O–H groups in total. The second-order valence-electron chi connectivity index (χ2n) is 7.23. The first-order chi connectivity index (χ1) is 14.2. The van der Waals surface area contributed by atoms with Gasteiger partial charge in [-0.05, 0) is 55.4 Å². The van der Waals surface area contributed by atoms with Crippen LogP contribution in [-0.4, -0.2) is 11.2 Å². The van der Waals surface area contributed by atoms with Crippen molar-refractivity contribution in [2.75, 3.05) is 5.32 Å². The number of nitrogens with zero attached hydrogens (tertiary/aromatic N) is 1. The fourth-order valence-electron chi connectivity index (χ4n) is 3.77. The molecule has 0 fully saturated rings. The zero-order valence-electron chi connectivity index (χ0n) is 16.2. The molecule has 29 heavy (non-hydrogen) atoms. The van der Waals surface area contributed by atoms with Gasteiger partial charge in [-0.3, -0.25) is 4.79 Å². The first-order valence-corrected chi connectivity index (χ1v) is 11.5. The molecule has 5 heteroatoms. The summed E-state index contributed by atoms with van der Waals surface area (Å²) in [5, 5.41) is 13.2. The Kier molecular flexibility index (Phi) is 6.03. The molecular formula is C24H22N2OS2. The fourth-order valence-corrected chi connectivity index (χ4v) is 5.94. The number of nitriles is 1.